The highest BCUT2D eigenvalue weighted by atomic mass is 16.5. The van der Waals surface area contributed by atoms with Crippen LogP contribution in [-0.4, -0.2) is 65.3 Å². The topological polar surface area (TPSA) is 83.0 Å². The van der Waals surface area contributed by atoms with Gasteiger partial charge in [-0.05, 0) is 36.6 Å². The molecule has 2 fully saturated rings. The lowest BCUT2D eigenvalue weighted by Crippen LogP contribution is -2.71. The molecule has 3 aliphatic heterocycles. The van der Waals surface area contributed by atoms with Gasteiger partial charge in [-0.2, -0.15) is 0 Å². The van der Waals surface area contributed by atoms with Gasteiger partial charge in [0, 0.05) is 49.7 Å². The molecule has 0 radical (unpaired) electrons. The van der Waals surface area contributed by atoms with Gasteiger partial charge in [0.25, 0.3) is 5.91 Å². The summed E-state index contributed by atoms with van der Waals surface area (Å²) in [6.07, 6.45) is 4.63. The molecule has 0 unspecified atom stereocenters. The summed E-state index contributed by atoms with van der Waals surface area (Å²) < 4.78 is 5.41. The third kappa shape index (κ3) is 3.00. The summed E-state index contributed by atoms with van der Waals surface area (Å²) in [5.41, 5.74) is 2.39. The van der Waals surface area contributed by atoms with Crippen molar-refractivity contribution in [3.63, 3.8) is 0 Å². The number of fused-ring (bicyclic) bond motifs is 3. The first-order valence-electron chi connectivity index (χ1n) is 10.5. The van der Waals surface area contributed by atoms with Crippen molar-refractivity contribution in [2.45, 2.75) is 30.8 Å². The molecule has 0 bridgehead atoms. The number of aliphatic hydroxyl groups excluding tert-OH is 1. The molecule has 156 valence electrons. The highest BCUT2D eigenvalue weighted by Crippen LogP contribution is 2.49. The van der Waals surface area contributed by atoms with E-state index in [0.29, 0.717) is 38.2 Å². The maximum Gasteiger partial charge on any atom is 0.259 e. The van der Waals surface area contributed by atoms with E-state index in [4.69, 9.17) is 4.74 Å². The van der Waals surface area contributed by atoms with Gasteiger partial charge in [-0.3, -0.25) is 14.6 Å². The lowest BCUT2D eigenvalue weighted by molar-refractivity contribution is -0.157. The van der Waals surface area contributed by atoms with Crippen molar-refractivity contribution < 1.29 is 19.4 Å². The molecule has 2 aromatic rings. The fraction of sp³-hybridized carbons (Fsp3) is 0.435. The smallest absolute Gasteiger partial charge is 0.259 e. The van der Waals surface area contributed by atoms with E-state index in [2.05, 4.69) is 4.98 Å². The molecule has 4 heterocycles. The fourth-order valence-corrected chi connectivity index (χ4v) is 5.18. The Morgan fingerprint density at radius 3 is 2.67 bits per heavy atom. The number of hydrogen-bond acceptors (Lipinski definition) is 5. The molecular weight excluding hydrogens is 382 g/mol. The first kappa shape index (κ1) is 19.2. The number of para-hydroxylation sites is 1. The molecule has 7 heteroatoms. The van der Waals surface area contributed by atoms with Crippen LogP contribution in [0.1, 0.15) is 34.7 Å². The molecule has 2 saturated heterocycles. The summed E-state index contributed by atoms with van der Waals surface area (Å²) in [6, 6.07) is 10.9. The van der Waals surface area contributed by atoms with Crippen molar-refractivity contribution in [2.24, 2.45) is 5.92 Å². The number of aromatic nitrogens is 1. The molecule has 1 aromatic carbocycles. The first-order chi connectivity index (χ1) is 14.7. The van der Waals surface area contributed by atoms with Crippen LogP contribution in [0, 0.1) is 5.92 Å². The highest BCUT2D eigenvalue weighted by Gasteiger charge is 2.56. The van der Waals surface area contributed by atoms with Gasteiger partial charge in [-0.1, -0.05) is 18.2 Å². The highest BCUT2D eigenvalue weighted by molar-refractivity contribution is 6.07. The lowest BCUT2D eigenvalue weighted by atomic mass is 9.71. The molecule has 2 amide bonds. The normalized spacial score (nSPS) is 25.8. The number of carbonyl (C=O) groups is 2. The number of anilines is 1. The zero-order valence-electron chi connectivity index (χ0n) is 16.7. The molecule has 0 spiro atoms. The van der Waals surface area contributed by atoms with Gasteiger partial charge in [0.1, 0.15) is 0 Å². The Balaban J connectivity index is 1.49. The van der Waals surface area contributed by atoms with Crippen molar-refractivity contribution in [1.82, 2.24) is 9.88 Å². The Labute approximate surface area is 175 Å². The van der Waals surface area contributed by atoms with E-state index in [9.17, 15) is 14.7 Å². The average Bonchev–Trinajstić information content (AvgIpc) is 2.80. The van der Waals surface area contributed by atoms with E-state index in [1.54, 1.807) is 29.4 Å². The standard InChI is InChI=1S/C23H25N3O4/c27-14-20-21-17-5-1-2-6-18(17)25(22(28)16-4-3-9-24-12-16)13-19(21)26(20)23(29)15-7-10-30-11-8-15/h1-6,9,12,15,19-21,27H,7-8,10-11,13-14H2/t19-,20+,21+/m0/s1. The molecule has 5 rings (SSSR count). The molecule has 30 heavy (non-hydrogen) atoms. The zero-order valence-corrected chi connectivity index (χ0v) is 16.7. The van der Waals surface area contributed by atoms with Crippen molar-refractivity contribution in [3.8, 4) is 0 Å². The largest absolute Gasteiger partial charge is 0.394 e. The number of nitrogens with zero attached hydrogens (tertiary/aromatic N) is 3. The number of amides is 2. The monoisotopic (exact) mass is 407 g/mol. The molecule has 3 atom stereocenters. The number of carbonyl (C=O) groups excluding carboxylic acids is 2. The van der Waals surface area contributed by atoms with Gasteiger partial charge in [0.2, 0.25) is 5.91 Å². The summed E-state index contributed by atoms with van der Waals surface area (Å²) in [5, 5.41) is 10.1. The summed E-state index contributed by atoms with van der Waals surface area (Å²) >= 11 is 0. The number of likely N-dealkylation sites (tertiary alicyclic amines) is 1. The predicted octanol–water partition coefficient (Wildman–Crippen LogP) is 1.82. The molecule has 1 N–H and O–H groups in total. The van der Waals surface area contributed by atoms with Crippen LogP contribution in [0.2, 0.25) is 0 Å². The van der Waals surface area contributed by atoms with Crippen LogP contribution in [-0.2, 0) is 9.53 Å². The maximum atomic E-state index is 13.3. The second-order valence-electron chi connectivity index (χ2n) is 8.19. The van der Waals surface area contributed by atoms with E-state index in [1.165, 1.54) is 0 Å². The van der Waals surface area contributed by atoms with Crippen LogP contribution in [0.5, 0.6) is 0 Å². The fourth-order valence-electron chi connectivity index (χ4n) is 5.18. The molecule has 7 nitrogen and oxygen atoms in total. The second kappa shape index (κ2) is 7.81. The van der Waals surface area contributed by atoms with Crippen molar-refractivity contribution in [3.05, 3.63) is 59.9 Å². The zero-order chi connectivity index (χ0) is 20.7. The number of aliphatic hydroxyl groups is 1. The average molecular weight is 407 g/mol. The number of ether oxygens (including phenoxy) is 1. The summed E-state index contributed by atoms with van der Waals surface area (Å²) in [6.45, 7) is 1.52. The molecular formula is C23H25N3O4. The summed E-state index contributed by atoms with van der Waals surface area (Å²) in [5.74, 6) is -0.0898. The maximum absolute atomic E-state index is 13.3. The van der Waals surface area contributed by atoms with Crippen LogP contribution >= 0.6 is 0 Å². The van der Waals surface area contributed by atoms with Gasteiger partial charge >= 0.3 is 0 Å². The van der Waals surface area contributed by atoms with Crippen molar-refractivity contribution in [1.29, 1.82) is 0 Å². The van der Waals surface area contributed by atoms with E-state index >= 15 is 0 Å². The Bertz CT molecular complexity index is 944. The number of rotatable bonds is 3. The van der Waals surface area contributed by atoms with E-state index in [-0.39, 0.29) is 42.3 Å². The summed E-state index contributed by atoms with van der Waals surface area (Å²) in [4.78, 5) is 34.3. The van der Waals surface area contributed by atoms with Crippen molar-refractivity contribution >= 4 is 17.5 Å². The van der Waals surface area contributed by atoms with Gasteiger partial charge in [0.05, 0.1) is 24.3 Å². The minimum Gasteiger partial charge on any atom is -0.394 e. The van der Waals surface area contributed by atoms with Crippen LogP contribution in [0.4, 0.5) is 5.69 Å². The third-order valence-corrected chi connectivity index (χ3v) is 6.67. The molecule has 1 aromatic heterocycles. The quantitative estimate of drug-likeness (QED) is 0.839. The first-order valence-corrected chi connectivity index (χ1v) is 10.5. The SMILES string of the molecule is O=C(c1cccnc1)N1C[C@H]2[C@@H](c3ccccc31)[C@@H](CO)N2C(=O)C1CCOCC1. The minimum atomic E-state index is -0.248. The number of hydrogen-bond donors (Lipinski definition) is 1. The predicted molar refractivity (Wildman–Crippen MR) is 110 cm³/mol. The van der Waals surface area contributed by atoms with Crippen LogP contribution < -0.4 is 4.90 Å². The van der Waals surface area contributed by atoms with Gasteiger partial charge in [-0.15, -0.1) is 0 Å². The number of pyridine rings is 1. The molecule has 0 aliphatic carbocycles. The summed E-state index contributed by atoms with van der Waals surface area (Å²) in [7, 11) is 0. The molecule has 0 saturated carbocycles. The van der Waals surface area contributed by atoms with Gasteiger partial charge in [0.15, 0.2) is 0 Å². The Kier molecular flexibility index (Phi) is 5.00. The van der Waals surface area contributed by atoms with Crippen LogP contribution in [0.3, 0.4) is 0 Å². The van der Waals surface area contributed by atoms with Crippen molar-refractivity contribution in [2.75, 3.05) is 31.3 Å². The minimum absolute atomic E-state index is 0.0351. The van der Waals surface area contributed by atoms with Crippen LogP contribution in [0.25, 0.3) is 0 Å². The second-order valence-corrected chi connectivity index (χ2v) is 8.19. The Morgan fingerprint density at radius 1 is 1.13 bits per heavy atom. The van der Waals surface area contributed by atoms with Gasteiger partial charge in [-0.25, -0.2) is 0 Å². The molecule has 3 aliphatic rings. The van der Waals surface area contributed by atoms with E-state index < -0.39 is 0 Å². The van der Waals surface area contributed by atoms with Gasteiger partial charge < -0.3 is 19.6 Å². The van der Waals surface area contributed by atoms with E-state index in [1.807, 2.05) is 29.2 Å². The van der Waals surface area contributed by atoms with E-state index in [0.717, 1.165) is 11.3 Å². The Hall–Kier alpha value is -2.77. The number of benzene rings is 1. The third-order valence-electron chi connectivity index (χ3n) is 6.67. The lowest BCUT2D eigenvalue weighted by Gasteiger charge is -2.59. The Morgan fingerprint density at radius 2 is 1.93 bits per heavy atom. The van der Waals surface area contributed by atoms with Crippen LogP contribution in [0.15, 0.2) is 48.8 Å².